The minimum absolute atomic E-state index is 0. The van der Waals surface area contributed by atoms with Crippen LogP contribution in [0.2, 0.25) is 0 Å². The first kappa shape index (κ1) is 32.3. The van der Waals surface area contributed by atoms with E-state index in [9.17, 15) is 28.8 Å². The van der Waals surface area contributed by atoms with Gasteiger partial charge in [0.1, 0.15) is 12.1 Å². The van der Waals surface area contributed by atoms with Gasteiger partial charge in [-0.15, -0.1) is 0 Å². The number of hydrogen-bond acceptors (Lipinski definition) is 6. The minimum Gasteiger partial charge on any atom is -0.480 e. The number of rotatable bonds is 12. The molecule has 0 aromatic rings. The summed E-state index contributed by atoms with van der Waals surface area (Å²) in [4.78, 5) is 70.3. The van der Waals surface area contributed by atoms with Crippen molar-refractivity contribution in [2.75, 3.05) is 0 Å². The van der Waals surface area contributed by atoms with Crippen molar-refractivity contribution in [3.8, 4) is 0 Å². The van der Waals surface area contributed by atoms with Crippen molar-refractivity contribution in [2.24, 2.45) is 0 Å². The molecule has 0 aromatic carbocycles. The van der Waals surface area contributed by atoms with Gasteiger partial charge < -0.3 is 10.2 Å². The Morgan fingerprint density at radius 3 is 1.23 bits per heavy atom. The van der Waals surface area contributed by atoms with Crippen LogP contribution in [-0.2, 0) is 48.2 Å². The number of carboxylic acids is 2. The van der Waals surface area contributed by atoms with E-state index < -0.39 is 47.7 Å². The zero-order valence-corrected chi connectivity index (χ0v) is 23.9. The van der Waals surface area contributed by atoms with E-state index in [0.29, 0.717) is 36.8 Å². The Bertz CT molecular complexity index is 824. The van der Waals surface area contributed by atoms with Crippen molar-refractivity contribution in [3.05, 3.63) is 23.3 Å². The van der Waals surface area contributed by atoms with E-state index in [0.717, 1.165) is 35.5 Å². The third-order valence-electron chi connectivity index (χ3n) is 5.62. The molecule has 190 valence electrons. The molecule has 2 aliphatic heterocycles. The molecule has 0 aliphatic carbocycles. The summed E-state index contributed by atoms with van der Waals surface area (Å²) >= 11 is 0. The number of carbonyl (C=O) groups excluding carboxylic acids is 4. The molecule has 0 radical (unpaired) electrons. The van der Waals surface area contributed by atoms with E-state index in [4.69, 9.17) is 10.2 Å². The van der Waals surface area contributed by atoms with Crippen molar-refractivity contribution in [1.82, 2.24) is 9.80 Å². The van der Waals surface area contributed by atoms with Crippen LogP contribution >= 0.6 is 0 Å². The van der Waals surface area contributed by atoms with E-state index in [-0.39, 0.29) is 19.5 Å². The molecule has 2 rings (SSSR count). The number of imide groups is 2. The molecule has 2 heterocycles. The maximum Gasteiger partial charge on any atom is 0.326 e. The van der Waals surface area contributed by atoms with E-state index in [2.05, 4.69) is 0 Å². The van der Waals surface area contributed by atoms with Crippen LogP contribution in [-0.4, -0.2) is 67.7 Å². The van der Waals surface area contributed by atoms with Crippen LogP contribution in [0.3, 0.4) is 0 Å². The fourth-order valence-corrected chi connectivity index (χ4v) is 3.70. The summed E-state index contributed by atoms with van der Waals surface area (Å²) in [6.07, 6.45) is 8.14. The summed E-state index contributed by atoms with van der Waals surface area (Å²) in [7, 11) is 0. The van der Waals surface area contributed by atoms with Crippen LogP contribution in [0.4, 0.5) is 0 Å². The monoisotopic (exact) mass is 542 g/mol. The fraction of sp³-hybridized carbons (Fsp3) is 0.583. The molecule has 0 spiro atoms. The number of carbonyl (C=O) groups is 6. The maximum absolute atomic E-state index is 11.7. The second-order valence-corrected chi connectivity index (χ2v) is 8.38. The fourth-order valence-electron chi connectivity index (χ4n) is 3.70. The molecular weight excluding hydrogens is 510 g/mol. The average molecular weight is 544 g/mol. The standard InChI is InChI=1S/2C12H17NO4.Zn/c2*1-3-4-5-6-9(12(16)17)13-10(14)7-8(2)11(13)15;/h2*7,9H,3-6H2,1-2H3,(H,16,17);. The zero-order valence-electron chi connectivity index (χ0n) is 20.9. The molecule has 4 amide bonds. The molecule has 2 aliphatic rings. The van der Waals surface area contributed by atoms with Crippen LogP contribution in [0.5, 0.6) is 0 Å². The molecule has 0 saturated carbocycles. The molecule has 0 fully saturated rings. The quantitative estimate of drug-likeness (QED) is 0.217. The summed E-state index contributed by atoms with van der Waals surface area (Å²) in [5.41, 5.74) is 0.605. The van der Waals surface area contributed by atoms with Gasteiger partial charge in [-0.2, -0.15) is 0 Å². The summed E-state index contributed by atoms with van der Waals surface area (Å²) < 4.78 is 0. The van der Waals surface area contributed by atoms with Crippen molar-refractivity contribution >= 4 is 35.6 Å². The van der Waals surface area contributed by atoms with Crippen molar-refractivity contribution in [2.45, 2.75) is 91.1 Å². The predicted octanol–water partition coefficient (Wildman–Crippen LogP) is 2.67. The molecule has 35 heavy (non-hydrogen) atoms. The van der Waals surface area contributed by atoms with Crippen molar-refractivity contribution in [3.63, 3.8) is 0 Å². The Balaban J connectivity index is 0.000000642. The second-order valence-electron chi connectivity index (χ2n) is 8.38. The number of amides is 4. The Morgan fingerprint density at radius 2 is 1.03 bits per heavy atom. The molecule has 11 heteroatoms. The van der Waals surface area contributed by atoms with Gasteiger partial charge >= 0.3 is 11.9 Å². The van der Waals surface area contributed by atoms with Crippen LogP contribution in [0.15, 0.2) is 23.3 Å². The minimum atomic E-state index is -1.12. The summed E-state index contributed by atoms with van der Waals surface area (Å²) in [5.74, 6) is -4.25. The van der Waals surface area contributed by atoms with Gasteiger partial charge in [0.15, 0.2) is 0 Å². The number of aliphatic carboxylic acids is 2. The first-order valence-electron chi connectivity index (χ1n) is 11.5. The predicted molar refractivity (Wildman–Crippen MR) is 122 cm³/mol. The van der Waals surface area contributed by atoms with E-state index in [1.807, 2.05) is 13.8 Å². The zero-order chi connectivity index (χ0) is 26.0. The molecule has 2 unspecified atom stereocenters. The molecule has 10 nitrogen and oxygen atoms in total. The Labute approximate surface area is 218 Å². The number of hydrogen-bond donors (Lipinski definition) is 2. The van der Waals surface area contributed by atoms with Gasteiger partial charge in [0.2, 0.25) is 0 Å². The summed E-state index contributed by atoms with van der Waals surface area (Å²) in [6, 6.07) is -2.06. The Hall–Kier alpha value is -2.68. The Kier molecular flexibility index (Phi) is 14.2. The maximum atomic E-state index is 11.7. The van der Waals surface area contributed by atoms with Crippen LogP contribution in [0.1, 0.15) is 79.1 Å². The summed E-state index contributed by atoms with van der Waals surface area (Å²) in [5, 5.41) is 18.2. The first-order chi connectivity index (χ1) is 16.0. The third kappa shape index (κ3) is 8.80. The summed E-state index contributed by atoms with van der Waals surface area (Å²) in [6.45, 7) is 7.05. The SMILES string of the molecule is CCCCCC(C(=O)O)N1C(=O)C=C(C)C1=O.CCCCCC(C(=O)O)N1C(=O)C=C(C)C1=O.[Zn]. The molecule has 0 aromatic heterocycles. The third-order valence-corrected chi connectivity index (χ3v) is 5.62. The molecular formula is C24H34N2O8Zn. The number of unbranched alkanes of at least 4 members (excludes halogenated alkanes) is 4. The number of nitrogens with zero attached hydrogens (tertiary/aromatic N) is 2. The van der Waals surface area contributed by atoms with Crippen LogP contribution in [0.25, 0.3) is 0 Å². The van der Waals surface area contributed by atoms with Gasteiger partial charge in [-0.1, -0.05) is 52.4 Å². The van der Waals surface area contributed by atoms with Gasteiger partial charge in [0, 0.05) is 42.8 Å². The van der Waals surface area contributed by atoms with E-state index >= 15 is 0 Å². The smallest absolute Gasteiger partial charge is 0.326 e. The van der Waals surface area contributed by atoms with E-state index in [1.165, 1.54) is 26.0 Å². The second kappa shape index (κ2) is 15.3. The molecule has 2 atom stereocenters. The topological polar surface area (TPSA) is 149 Å². The van der Waals surface area contributed by atoms with Gasteiger partial charge in [-0.25, -0.2) is 9.59 Å². The van der Waals surface area contributed by atoms with Crippen molar-refractivity contribution in [1.29, 1.82) is 0 Å². The average Bonchev–Trinajstić information content (AvgIpc) is 3.16. The van der Waals surface area contributed by atoms with Gasteiger partial charge in [-0.05, 0) is 26.7 Å². The van der Waals surface area contributed by atoms with Crippen molar-refractivity contribution < 1.29 is 58.5 Å². The first-order valence-corrected chi connectivity index (χ1v) is 11.5. The Morgan fingerprint density at radius 1 is 0.714 bits per heavy atom. The van der Waals surface area contributed by atoms with Gasteiger partial charge in [0.25, 0.3) is 23.6 Å². The molecule has 0 bridgehead atoms. The molecule has 0 saturated heterocycles. The van der Waals surface area contributed by atoms with Gasteiger partial charge in [0.05, 0.1) is 0 Å². The van der Waals surface area contributed by atoms with E-state index in [1.54, 1.807) is 0 Å². The van der Waals surface area contributed by atoms with Crippen LogP contribution in [0, 0.1) is 0 Å². The number of carboxylic acid groups (broad SMARTS) is 2. The van der Waals surface area contributed by atoms with Gasteiger partial charge in [-0.3, -0.25) is 29.0 Å². The van der Waals surface area contributed by atoms with Crippen LogP contribution < -0.4 is 0 Å². The molecule has 2 N–H and O–H groups in total. The normalized spacial score (nSPS) is 16.8. The largest absolute Gasteiger partial charge is 0.480 e.